The summed E-state index contributed by atoms with van der Waals surface area (Å²) in [4.78, 5) is 16.5. The highest BCUT2D eigenvalue weighted by Crippen LogP contribution is 2.22. The fourth-order valence-electron chi connectivity index (χ4n) is 2.72. The van der Waals surface area contributed by atoms with Crippen LogP contribution in [0.2, 0.25) is 0 Å². The molecule has 0 N–H and O–H groups in total. The summed E-state index contributed by atoms with van der Waals surface area (Å²) < 4.78 is 5.33. The van der Waals surface area contributed by atoms with Gasteiger partial charge in [-0.2, -0.15) is 0 Å². The lowest BCUT2D eigenvalue weighted by atomic mass is 9.96. The minimum atomic E-state index is 0.209. The molecule has 2 heterocycles. The van der Waals surface area contributed by atoms with E-state index in [4.69, 9.17) is 10.3 Å². The molecule has 2 saturated heterocycles. The quantitative estimate of drug-likeness (QED) is 0.426. The van der Waals surface area contributed by atoms with Crippen LogP contribution in [0.3, 0.4) is 0 Å². The molecule has 0 aliphatic carbocycles. The lowest BCUT2D eigenvalue weighted by Gasteiger charge is -2.24. The maximum absolute atomic E-state index is 11.8. The molecule has 1 atom stereocenters. The Kier molecular flexibility index (Phi) is 4.84. The van der Waals surface area contributed by atoms with Crippen molar-refractivity contribution in [2.24, 2.45) is 17.0 Å². The number of hydrogen-bond donors (Lipinski definition) is 0. The van der Waals surface area contributed by atoms with Gasteiger partial charge >= 0.3 is 0 Å². The number of amides is 1. The molecule has 0 radical (unpaired) electrons. The van der Waals surface area contributed by atoms with Gasteiger partial charge in [0.05, 0.1) is 0 Å². The highest BCUT2D eigenvalue weighted by molar-refractivity contribution is 5.78. The lowest BCUT2D eigenvalue weighted by molar-refractivity contribution is -0.127. The van der Waals surface area contributed by atoms with Gasteiger partial charge in [-0.1, -0.05) is 5.11 Å². The molecule has 0 aromatic carbocycles. The van der Waals surface area contributed by atoms with E-state index in [1.807, 2.05) is 4.90 Å². The van der Waals surface area contributed by atoms with E-state index >= 15 is 0 Å². The molecule has 100 valence electrons. The summed E-state index contributed by atoms with van der Waals surface area (Å²) in [6.07, 6.45) is 3.84. The third-order valence-electron chi connectivity index (χ3n) is 3.85. The Labute approximate surface area is 107 Å². The SMILES string of the molecule is [N-]=[N+]=NCC1CC(=O)N(CCC2CCOCC2)C1. The van der Waals surface area contributed by atoms with E-state index in [-0.39, 0.29) is 11.8 Å². The highest BCUT2D eigenvalue weighted by atomic mass is 16.5. The van der Waals surface area contributed by atoms with E-state index < -0.39 is 0 Å². The van der Waals surface area contributed by atoms with Crippen LogP contribution in [0, 0.1) is 11.8 Å². The van der Waals surface area contributed by atoms with E-state index in [1.165, 1.54) is 0 Å². The number of ether oxygens (including phenoxy) is 1. The molecule has 0 saturated carbocycles. The highest BCUT2D eigenvalue weighted by Gasteiger charge is 2.29. The first kappa shape index (κ1) is 13.2. The van der Waals surface area contributed by atoms with Crippen LogP contribution in [0.4, 0.5) is 0 Å². The van der Waals surface area contributed by atoms with Crippen molar-refractivity contribution in [1.29, 1.82) is 0 Å². The molecular formula is C12H20N4O2. The molecule has 2 rings (SSSR count). The van der Waals surface area contributed by atoms with E-state index in [0.29, 0.717) is 18.9 Å². The fraction of sp³-hybridized carbons (Fsp3) is 0.917. The van der Waals surface area contributed by atoms with Crippen molar-refractivity contribution in [2.75, 3.05) is 32.8 Å². The molecule has 18 heavy (non-hydrogen) atoms. The van der Waals surface area contributed by atoms with E-state index in [1.54, 1.807) is 0 Å². The Morgan fingerprint density at radius 1 is 1.39 bits per heavy atom. The van der Waals surface area contributed by atoms with Crippen molar-refractivity contribution in [3.05, 3.63) is 10.4 Å². The van der Waals surface area contributed by atoms with Crippen molar-refractivity contribution in [3.63, 3.8) is 0 Å². The molecule has 0 aromatic heterocycles. The molecule has 2 aliphatic rings. The van der Waals surface area contributed by atoms with Crippen LogP contribution < -0.4 is 0 Å². The average Bonchev–Trinajstić information content (AvgIpc) is 2.76. The molecule has 1 unspecified atom stereocenters. The van der Waals surface area contributed by atoms with Gasteiger partial charge in [-0.3, -0.25) is 4.79 Å². The van der Waals surface area contributed by atoms with Gasteiger partial charge in [0.2, 0.25) is 5.91 Å². The lowest BCUT2D eigenvalue weighted by Crippen LogP contribution is -2.29. The van der Waals surface area contributed by atoms with Crippen molar-refractivity contribution < 1.29 is 9.53 Å². The maximum atomic E-state index is 11.8. The largest absolute Gasteiger partial charge is 0.381 e. The Balaban J connectivity index is 1.72. The summed E-state index contributed by atoms with van der Waals surface area (Å²) in [6, 6.07) is 0. The second kappa shape index (κ2) is 6.61. The number of nitrogens with zero attached hydrogens (tertiary/aromatic N) is 4. The number of hydrogen-bond acceptors (Lipinski definition) is 3. The number of rotatable bonds is 5. The predicted molar refractivity (Wildman–Crippen MR) is 66.9 cm³/mol. The first-order valence-electron chi connectivity index (χ1n) is 6.66. The zero-order valence-electron chi connectivity index (χ0n) is 10.6. The number of carbonyl (C=O) groups is 1. The third-order valence-corrected chi connectivity index (χ3v) is 3.85. The first-order valence-corrected chi connectivity index (χ1v) is 6.66. The second-order valence-electron chi connectivity index (χ2n) is 5.17. The second-order valence-corrected chi connectivity index (χ2v) is 5.17. The third kappa shape index (κ3) is 3.62. The van der Waals surface area contributed by atoms with Crippen LogP contribution in [0.5, 0.6) is 0 Å². The number of azide groups is 1. The standard InChI is InChI=1S/C12H20N4O2/c13-15-14-8-11-7-12(17)16(9-11)4-1-10-2-5-18-6-3-10/h10-11H,1-9H2. The van der Waals surface area contributed by atoms with Gasteiger partial charge in [0.15, 0.2) is 0 Å². The van der Waals surface area contributed by atoms with Crippen LogP contribution in [0.25, 0.3) is 10.4 Å². The van der Waals surface area contributed by atoms with Gasteiger partial charge in [0.1, 0.15) is 0 Å². The van der Waals surface area contributed by atoms with Crippen LogP contribution in [-0.2, 0) is 9.53 Å². The minimum absolute atomic E-state index is 0.209. The molecule has 0 aromatic rings. The van der Waals surface area contributed by atoms with Crippen molar-refractivity contribution in [2.45, 2.75) is 25.7 Å². The van der Waals surface area contributed by atoms with Crippen LogP contribution in [-0.4, -0.2) is 43.7 Å². The average molecular weight is 252 g/mol. The Morgan fingerprint density at radius 2 is 2.17 bits per heavy atom. The number of likely N-dealkylation sites (tertiary alicyclic amines) is 1. The predicted octanol–water partition coefficient (Wildman–Crippen LogP) is 1.96. The fourth-order valence-corrected chi connectivity index (χ4v) is 2.72. The molecule has 2 fully saturated rings. The summed E-state index contributed by atoms with van der Waals surface area (Å²) in [6.45, 7) is 3.75. The Morgan fingerprint density at radius 3 is 2.89 bits per heavy atom. The Bertz CT molecular complexity index is 335. The normalized spacial score (nSPS) is 25.2. The van der Waals surface area contributed by atoms with E-state index in [0.717, 1.165) is 45.6 Å². The molecular weight excluding hydrogens is 232 g/mol. The van der Waals surface area contributed by atoms with Gasteiger partial charge < -0.3 is 9.64 Å². The van der Waals surface area contributed by atoms with Crippen LogP contribution in [0.1, 0.15) is 25.7 Å². The monoisotopic (exact) mass is 252 g/mol. The molecule has 6 heteroatoms. The molecule has 2 aliphatic heterocycles. The number of carbonyl (C=O) groups excluding carboxylic acids is 1. The molecule has 6 nitrogen and oxygen atoms in total. The summed E-state index contributed by atoms with van der Waals surface area (Å²) in [7, 11) is 0. The van der Waals surface area contributed by atoms with E-state index in [9.17, 15) is 4.79 Å². The summed E-state index contributed by atoms with van der Waals surface area (Å²) >= 11 is 0. The molecule has 0 bridgehead atoms. The van der Waals surface area contributed by atoms with Crippen LogP contribution >= 0.6 is 0 Å². The van der Waals surface area contributed by atoms with Gasteiger partial charge in [-0.25, -0.2) is 0 Å². The smallest absolute Gasteiger partial charge is 0.222 e. The maximum Gasteiger partial charge on any atom is 0.222 e. The zero-order valence-corrected chi connectivity index (χ0v) is 10.6. The van der Waals surface area contributed by atoms with Crippen LogP contribution in [0.15, 0.2) is 5.11 Å². The summed E-state index contributed by atoms with van der Waals surface area (Å²) in [5.74, 6) is 1.12. The van der Waals surface area contributed by atoms with Crippen molar-refractivity contribution in [3.8, 4) is 0 Å². The van der Waals surface area contributed by atoms with Crippen molar-refractivity contribution >= 4 is 5.91 Å². The summed E-state index contributed by atoms with van der Waals surface area (Å²) in [5.41, 5.74) is 8.28. The molecule has 1 amide bonds. The minimum Gasteiger partial charge on any atom is -0.381 e. The van der Waals surface area contributed by atoms with Crippen molar-refractivity contribution in [1.82, 2.24) is 4.90 Å². The Hall–Kier alpha value is -1.26. The van der Waals surface area contributed by atoms with Gasteiger partial charge in [0, 0.05) is 44.2 Å². The first-order chi connectivity index (χ1) is 8.79. The zero-order chi connectivity index (χ0) is 12.8. The topological polar surface area (TPSA) is 78.3 Å². The van der Waals surface area contributed by atoms with Gasteiger partial charge in [-0.15, -0.1) is 0 Å². The summed E-state index contributed by atoms with van der Waals surface area (Å²) in [5, 5.41) is 3.56. The molecule has 0 spiro atoms. The van der Waals surface area contributed by atoms with Gasteiger partial charge in [-0.05, 0) is 36.6 Å². The van der Waals surface area contributed by atoms with E-state index in [2.05, 4.69) is 10.0 Å². The van der Waals surface area contributed by atoms with Gasteiger partial charge in [0.25, 0.3) is 0 Å².